The van der Waals surface area contributed by atoms with E-state index in [1.807, 2.05) is 13.8 Å². The van der Waals surface area contributed by atoms with Gasteiger partial charge in [-0.15, -0.1) is 0 Å². The Labute approximate surface area is 208 Å². The topological polar surface area (TPSA) is 96.5 Å². The fraction of sp³-hybridized carbons (Fsp3) is 0.269. The predicted octanol–water partition coefficient (Wildman–Crippen LogP) is 3.25. The summed E-state index contributed by atoms with van der Waals surface area (Å²) in [5, 5.41) is 5.70. The summed E-state index contributed by atoms with van der Waals surface area (Å²) >= 11 is 3.10. The van der Waals surface area contributed by atoms with Crippen molar-refractivity contribution in [3.8, 4) is 23.7 Å². The summed E-state index contributed by atoms with van der Waals surface area (Å²) in [6.45, 7) is 5.77. The number of hydrogen-bond acceptors (Lipinski definition) is 4. The molecule has 2 rings (SSSR count). The Bertz CT molecular complexity index is 1120. The largest absolute Gasteiger partial charge is 0.340 e. The summed E-state index contributed by atoms with van der Waals surface area (Å²) in [5.74, 6) is 10.4. The third-order valence-electron chi connectivity index (χ3n) is 4.47. The molecule has 0 aromatic heterocycles. The van der Waals surface area contributed by atoms with Crippen LogP contribution in [0.25, 0.3) is 0 Å². The Balaban J connectivity index is 1.97. The zero-order chi connectivity index (χ0) is 24.9. The van der Waals surface area contributed by atoms with Gasteiger partial charge >= 0.3 is 0 Å². The molecular weight excluding hydrogens is 498 g/mol. The number of hydroxylamine groups is 1. The van der Waals surface area contributed by atoms with E-state index >= 15 is 0 Å². The summed E-state index contributed by atoms with van der Waals surface area (Å²) in [7, 11) is 0. The lowest BCUT2D eigenvalue weighted by Gasteiger charge is -2.21. The molecule has 3 amide bonds. The Morgan fingerprint density at radius 2 is 1.50 bits per heavy atom. The summed E-state index contributed by atoms with van der Waals surface area (Å²) in [6.07, 6.45) is 0. The molecule has 1 unspecified atom stereocenters. The Kier molecular flexibility index (Phi) is 10.9. The van der Waals surface area contributed by atoms with Crippen LogP contribution in [0, 0.1) is 29.6 Å². The minimum Gasteiger partial charge on any atom is -0.340 e. The van der Waals surface area contributed by atoms with Crippen molar-refractivity contribution in [3.63, 3.8) is 0 Å². The number of nitrogens with one attached hydrogen (secondary N) is 3. The number of rotatable bonds is 8. The number of carbonyl (C=O) groups excluding carboxylic acids is 3. The summed E-state index contributed by atoms with van der Waals surface area (Å²) in [4.78, 5) is 41.0. The van der Waals surface area contributed by atoms with E-state index < -0.39 is 11.9 Å². The lowest BCUT2D eigenvalue weighted by molar-refractivity contribution is -0.136. The molecule has 7 nitrogen and oxygen atoms in total. The number of carbonyl (C=O) groups is 3. The fourth-order valence-electron chi connectivity index (χ4n) is 2.71. The molecular formula is C26H26BrN3O4. The van der Waals surface area contributed by atoms with Crippen LogP contribution in [0.5, 0.6) is 0 Å². The van der Waals surface area contributed by atoms with Crippen LogP contribution in [0.3, 0.4) is 0 Å². The maximum atomic E-state index is 12.6. The van der Waals surface area contributed by atoms with E-state index in [0.717, 1.165) is 5.56 Å². The zero-order valence-electron chi connectivity index (χ0n) is 19.2. The van der Waals surface area contributed by atoms with E-state index in [2.05, 4.69) is 55.7 Å². The highest BCUT2D eigenvalue weighted by Crippen LogP contribution is 2.09. The van der Waals surface area contributed by atoms with Gasteiger partial charge < -0.3 is 10.6 Å². The van der Waals surface area contributed by atoms with Crippen molar-refractivity contribution < 1.29 is 19.2 Å². The molecule has 176 valence electrons. The second-order valence-corrected chi connectivity index (χ2v) is 7.99. The second kappa shape index (κ2) is 13.8. The quantitative estimate of drug-likeness (QED) is 0.281. The lowest BCUT2D eigenvalue weighted by Crippen LogP contribution is -2.49. The number of amides is 3. The molecule has 0 aliphatic carbocycles. The third kappa shape index (κ3) is 8.74. The van der Waals surface area contributed by atoms with Crippen LogP contribution in [-0.2, 0) is 14.4 Å². The van der Waals surface area contributed by atoms with Crippen LogP contribution in [0.4, 0.5) is 5.69 Å². The van der Waals surface area contributed by atoms with E-state index in [4.69, 9.17) is 4.84 Å². The molecule has 0 spiro atoms. The van der Waals surface area contributed by atoms with Crippen molar-refractivity contribution in [1.29, 1.82) is 0 Å². The van der Waals surface area contributed by atoms with E-state index in [0.29, 0.717) is 23.4 Å². The molecule has 2 aromatic rings. The first-order valence-electron chi connectivity index (χ1n) is 10.6. The SMILES string of the molecule is CCONC(=O)C(NC(=O)c1ccc(C#CC#Cc2ccc(NC(=O)CBr)cc2)cc1)C(C)C. The minimum atomic E-state index is -0.719. The number of benzene rings is 2. The highest BCUT2D eigenvalue weighted by Gasteiger charge is 2.24. The molecule has 0 fully saturated rings. The van der Waals surface area contributed by atoms with Gasteiger partial charge in [-0.05, 0) is 73.2 Å². The standard InChI is InChI=1S/C26H26BrN3O4/c1-4-34-30-26(33)24(18(2)3)29-25(32)21-13-9-19(10-14-21)7-5-6-8-20-11-15-22(16-12-20)28-23(31)17-27/h9-16,18,24H,4,17H2,1-3H3,(H,28,31)(H,29,32)(H,30,33). The zero-order valence-corrected chi connectivity index (χ0v) is 20.8. The molecule has 0 radical (unpaired) electrons. The van der Waals surface area contributed by atoms with Crippen LogP contribution >= 0.6 is 15.9 Å². The normalized spacial score (nSPS) is 10.7. The van der Waals surface area contributed by atoms with Crippen molar-refractivity contribution in [2.75, 3.05) is 17.3 Å². The summed E-state index contributed by atoms with van der Waals surface area (Å²) < 4.78 is 0. The number of hydrogen-bond donors (Lipinski definition) is 3. The first-order chi connectivity index (χ1) is 16.3. The van der Waals surface area contributed by atoms with E-state index in [9.17, 15) is 14.4 Å². The molecule has 0 saturated heterocycles. The average Bonchev–Trinajstić information content (AvgIpc) is 2.84. The van der Waals surface area contributed by atoms with Crippen LogP contribution in [0.2, 0.25) is 0 Å². The first kappa shape index (κ1) is 26.7. The minimum absolute atomic E-state index is 0.114. The van der Waals surface area contributed by atoms with Gasteiger partial charge in [0, 0.05) is 22.4 Å². The van der Waals surface area contributed by atoms with Gasteiger partial charge in [0.15, 0.2) is 0 Å². The van der Waals surface area contributed by atoms with E-state index in [-0.39, 0.29) is 23.1 Å². The Morgan fingerprint density at radius 1 is 0.941 bits per heavy atom. The maximum absolute atomic E-state index is 12.6. The smallest absolute Gasteiger partial charge is 0.266 e. The van der Waals surface area contributed by atoms with Crippen LogP contribution in [0.1, 0.15) is 42.3 Å². The molecule has 0 aliphatic heterocycles. The Morgan fingerprint density at radius 3 is 2.00 bits per heavy atom. The maximum Gasteiger partial charge on any atom is 0.266 e. The molecule has 0 bridgehead atoms. The number of alkyl halides is 1. The molecule has 34 heavy (non-hydrogen) atoms. The third-order valence-corrected chi connectivity index (χ3v) is 4.98. The van der Waals surface area contributed by atoms with E-state index in [1.54, 1.807) is 55.5 Å². The van der Waals surface area contributed by atoms with Gasteiger partial charge in [-0.1, -0.05) is 41.6 Å². The van der Waals surface area contributed by atoms with Gasteiger partial charge in [-0.25, -0.2) is 5.48 Å². The molecule has 0 saturated carbocycles. The lowest BCUT2D eigenvalue weighted by atomic mass is 10.0. The summed E-state index contributed by atoms with van der Waals surface area (Å²) in [5.41, 5.74) is 4.91. The van der Waals surface area contributed by atoms with Gasteiger partial charge in [0.1, 0.15) is 6.04 Å². The number of anilines is 1. The van der Waals surface area contributed by atoms with Crippen molar-refractivity contribution in [3.05, 3.63) is 65.2 Å². The molecule has 3 N–H and O–H groups in total. The first-order valence-corrected chi connectivity index (χ1v) is 11.8. The van der Waals surface area contributed by atoms with Crippen LogP contribution in [-0.4, -0.2) is 35.7 Å². The van der Waals surface area contributed by atoms with Crippen molar-refractivity contribution in [2.45, 2.75) is 26.8 Å². The average molecular weight is 524 g/mol. The Hall–Kier alpha value is -3.59. The molecule has 2 aromatic carbocycles. The van der Waals surface area contributed by atoms with Crippen molar-refractivity contribution in [2.24, 2.45) is 5.92 Å². The van der Waals surface area contributed by atoms with Crippen molar-refractivity contribution in [1.82, 2.24) is 10.8 Å². The fourth-order valence-corrected chi connectivity index (χ4v) is 2.85. The summed E-state index contributed by atoms with van der Waals surface area (Å²) in [6, 6.07) is 13.1. The highest BCUT2D eigenvalue weighted by atomic mass is 79.9. The number of halogens is 1. The highest BCUT2D eigenvalue weighted by molar-refractivity contribution is 9.09. The van der Waals surface area contributed by atoms with Gasteiger partial charge in [-0.2, -0.15) is 0 Å². The van der Waals surface area contributed by atoms with Gasteiger partial charge in [-0.3, -0.25) is 19.2 Å². The predicted molar refractivity (Wildman–Crippen MR) is 135 cm³/mol. The van der Waals surface area contributed by atoms with Crippen LogP contribution < -0.4 is 16.1 Å². The van der Waals surface area contributed by atoms with Crippen molar-refractivity contribution >= 4 is 39.3 Å². The van der Waals surface area contributed by atoms with E-state index in [1.165, 1.54) is 0 Å². The molecule has 0 aliphatic rings. The van der Waals surface area contributed by atoms with Gasteiger partial charge in [0.2, 0.25) is 5.91 Å². The van der Waals surface area contributed by atoms with Gasteiger partial charge in [0.05, 0.1) is 11.9 Å². The monoisotopic (exact) mass is 523 g/mol. The van der Waals surface area contributed by atoms with Gasteiger partial charge in [0.25, 0.3) is 11.8 Å². The van der Waals surface area contributed by atoms with Crippen LogP contribution in [0.15, 0.2) is 48.5 Å². The molecule has 8 heteroatoms. The second-order valence-electron chi connectivity index (χ2n) is 7.43. The molecule has 0 heterocycles. The molecule has 1 atom stereocenters.